The van der Waals surface area contributed by atoms with Gasteiger partial charge in [0, 0.05) is 12.5 Å². The third-order valence-corrected chi connectivity index (χ3v) is 4.81. The summed E-state index contributed by atoms with van der Waals surface area (Å²) in [5.74, 6) is -0.110. The fourth-order valence-electron chi connectivity index (χ4n) is 3.21. The molecular weight excluding hydrogens is 312 g/mol. The van der Waals surface area contributed by atoms with Crippen LogP contribution in [-0.2, 0) is 4.79 Å². The number of hydrogen-bond acceptors (Lipinski definition) is 2. The van der Waals surface area contributed by atoms with Crippen LogP contribution in [-0.4, -0.2) is 18.4 Å². The van der Waals surface area contributed by atoms with E-state index in [1.54, 1.807) is 0 Å². The lowest BCUT2D eigenvalue weighted by Crippen LogP contribution is -2.24. The molecule has 0 aliphatic rings. The monoisotopic (exact) mass is 354 g/mol. The Morgan fingerprint density at radius 3 is 1.60 bits per heavy atom. The number of guanidine groups is 1. The second-order valence-corrected chi connectivity index (χ2v) is 7.23. The fraction of sp³-hybridized carbons (Fsp3) is 0.900. The topological polar surface area (TPSA) is 107 Å². The number of nitrogens with zero attached hydrogens (tertiary/aromatic N) is 1. The molecular formula is C20H42N4O. The first-order valence-corrected chi connectivity index (χ1v) is 10.4. The summed E-state index contributed by atoms with van der Waals surface area (Å²) in [5.41, 5.74) is 16.1. The van der Waals surface area contributed by atoms with Crippen molar-refractivity contribution in [2.75, 3.05) is 6.54 Å². The van der Waals surface area contributed by atoms with Gasteiger partial charge in [-0.15, -0.1) is 0 Å². The average molecular weight is 355 g/mol. The molecule has 0 fully saturated rings. The summed E-state index contributed by atoms with van der Waals surface area (Å²) < 4.78 is 0. The molecule has 1 unspecified atom stereocenters. The van der Waals surface area contributed by atoms with E-state index in [4.69, 9.17) is 17.2 Å². The lowest BCUT2D eigenvalue weighted by atomic mass is 9.95. The highest BCUT2D eigenvalue weighted by atomic mass is 16.1. The molecule has 0 rings (SSSR count). The van der Waals surface area contributed by atoms with E-state index in [1.165, 1.54) is 70.6 Å². The Balaban J connectivity index is 3.47. The van der Waals surface area contributed by atoms with E-state index in [9.17, 15) is 4.79 Å². The molecule has 1 atom stereocenters. The van der Waals surface area contributed by atoms with E-state index in [2.05, 4.69) is 11.9 Å². The Morgan fingerprint density at radius 1 is 0.720 bits per heavy atom. The molecule has 6 N–H and O–H groups in total. The lowest BCUT2D eigenvalue weighted by Gasteiger charge is -2.12. The number of unbranched alkanes of at least 4 members (excludes halogenated alkanes) is 11. The Labute approximate surface area is 155 Å². The van der Waals surface area contributed by atoms with Crippen LogP contribution in [0, 0.1) is 5.92 Å². The van der Waals surface area contributed by atoms with Crippen molar-refractivity contribution in [1.29, 1.82) is 0 Å². The molecule has 0 bridgehead atoms. The molecule has 148 valence electrons. The van der Waals surface area contributed by atoms with Crippen molar-refractivity contribution >= 4 is 11.9 Å². The second-order valence-electron chi connectivity index (χ2n) is 7.23. The van der Waals surface area contributed by atoms with Crippen molar-refractivity contribution in [1.82, 2.24) is 0 Å². The van der Waals surface area contributed by atoms with Gasteiger partial charge >= 0.3 is 0 Å². The number of aliphatic imine (C=N–C) groups is 1. The minimum Gasteiger partial charge on any atom is -0.370 e. The van der Waals surface area contributed by atoms with Crippen molar-refractivity contribution < 1.29 is 4.79 Å². The van der Waals surface area contributed by atoms with E-state index in [0.717, 1.165) is 25.7 Å². The average Bonchev–Trinajstić information content (AvgIpc) is 2.57. The van der Waals surface area contributed by atoms with Crippen molar-refractivity contribution in [3.63, 3.8) is 0 Å². The van der Waals surface area contributed by atoms with Crippen molar-refractivity contribution in [3.05, 3.63) is 0 Å². The smallest absolute Gasteiger partial charge is 0.220 e. The van der Waals surface area contributed by atoms with Crippen molar-refractivity contribution in [2.45, 2.75) is 103 Å². The molecule has 0 aromatic heterocycles. The number of nitrogens with two attached hydrogens (primary N) is 3. The van der Waals surface area contributed by atoms with Gasteiger partial charge in [-0.2, -0.15) is 0 Å². The highest BCUT2D eigenvalue weighted by Gasteiger charge is 2.14. The maximum atomic E-state index is 11.5. The predicted octanol–water partition coefficient (Wildman–Crippen LogP) is 4.23. The standard InChI is InChI=1S/C20H42N4O/c1-2-3-4-5-6-7-8-9-10-11-12-13-15-18(19(21)25)16-14-17-24-20(22)23/h18H,2-17H2,1H3,(H2,21,25)(H4,22,23,24). The zero-order valence-electron chi connectivity index (χ0n) is 16.5. The van der Waals surface area contributed by atoms with Gasteiger partial charge in [0.2, 0.25) is 5.91 Å². The Hall–Kier alpha value is -1.26. The molecule has 0 radical (unpaired) electrons. The van der Waals surface area contributed by atoms with Gasteiger partial charge in [0.25, 0.3) is 0 Å². The number of hydrogen-bond donors (Lipinski definition) is 3. The molecule has 0 aromatic carbocycles. The van der Waals surface area contributed by atoms with E-state index in [1.807, 2.05) is 0 Å². The molecule has 0 aliphatic heterocycles. The molecule has 1 amide bonds. The summed E-state index contributed by atoms with van der Waals surface area (Å²) in [6, 6.07) is 0. The number of carbonyl (C=O) groups is 1. The highest BCUT2D eigenvalue weighted by Crippen LogP contribution is 2.17. The minimum absolute atomic E-state index is 0.0303. The Kier molecular flexibility index (Phi) is 16.7. The first-order valence-electron chi connectivity index (χ1n) is 10.4. The molecule has 0 aromatic rings. The van der Waals surface area contributed by atoms with Crippen molar-refractivity contribution in [2.24, 2.45) is 28.1 Å². The van der Waals surface area contributed by atoms with Gasteiger partial charge in [0.15, 0.2) is 5.96 Å². The third kappa shape index (κ3) is 17.4. The van der Waals surface area contributed by atoms with Crippen LogP contribution >= 0.6 is 0 Å². The van der Waals surface area contributed by atoms with E-state index in [-0.39, 0.29) is 17.8 Å². The molecule has 0 saturated carbocycles. The van der Waals surface area contributed by atoms with Gasteiger partial charge in [0.05, 0.1) is 0 Å². The molecule has 0 spiro atoms. The summed E-state index contributed by atoms with van der Waals surface area (Å²) in [6.07, 6.45) is 18.4. The van der Waals surface area contributed by atoms with Gasteiger partial charge in [-0.1, -0.05) is 84.0 Å². The van der Waals surface area contributed by atoms with E-state index in [0.29, 0.717) is 6.54 Å². The van der Waals surface area contributed by atoms with Crippen molar-refractivity contribution in [3.8, 4) is 0 Å². The first-order chi connectivity index (χ1) is 12.1. The van der Waals surface area contributed by atoms with Crippen LogP contribution in [0.15, 0.2) is 4.99 Å². The van der Waals surface area contributed by atoms with Gasteiger partial charge < -0.3 is 17.2 Å². The van der Waals surface area contributed by atoms with Crippen LogP contribution in [0.3, 0.4) is 0 Å². The number of amides is 1. The largest absolute Gasteiger partial charge is 0.370 e. The van der Waals surface area contributed by atoms with Crippen LogP contribution in [0.4, 0.5) is 0 Å². The molecule has 5 nitrogen and oxygen atoms in total. The summed E-state index contributed by atoms with van der Waals surface area (Å²) in [4.78, 5) is 15.4. The summed E-state index contributed by atoms with van der Waals surface area (Å²) in [5, 5.41) is 0. The fourth-order valence-corrected chi connectivity index (χ4v) is 3.21. The normalized spacial score (nSPS) is 12.0. The molecule has 0 saturated heterocycles. The predicted molar refractivity (Wildman–Crippen MR) is 108 cm³/mol. The number of rotatable bonds is 18. The van der Waals surface area contributed by atoms with Gasteiger partial charge in [0.1, 0.15) is 0 Å². The maximum absolute atomic E-state index is 11.5. The quantitative estimate of drug-likeness (QED) is 0.195. The summed E-state index contributed by atoms with van der Waals surface area (Å²) in [6.45, 7) is 2.84. The first kappa shape index (κ1) is 23.7. The number of carbonyl (C=O) groups excluding carboxylic acids is 1. The van der Waals surface area contributed by atoms with Gasteiger partial charge in [-0.05, 0) is 19.3 Å². The molecule has 0 aliphatic carbocycles. The van der Waals surface area contributed by atoms with Crippen LogP contribution < -0.4 is 17.2 Å². The summed E-state index contributed by atoms with van der Waals surface area (Å²) in [7, 11) is 0. The van der Waals surface area contributed by atoms with Crippen LogP contribution in [0.25, 0.3) is 0 Å². The Morgan fingerprint density at radius 2 is 1.16 bits per heavy atom. The van der Waals surface area contributed by atoms with E-state index < -0.39 is 0 Å². The summed E-state index contributed by atoms with van der Waals surface area (Å²) >= 11 is 0. The number of primary amides is 1. The van der Waals surface area contributed by atoms with Crippen LogP contribution in [0.5, 0.6) is 0 Å². The molecule has 0 heterocycles. The maximum Gasteiger partial charge on any atom is 0.220 e. The van der Waals surface area contributed by atoms with Crippen LogP contribution in [0.1, 0.15) is 103 Å². The third-order valence-electron chi connectivity index (χ3n) is 4.81. The van der Waals surface area contributed by atoms with E-state index >= 15 is 0 Å². The van der Waals surface area contributed by atoms with Crippen LogP contribution in [0.2, 0.25) is 0 Å². The minimum atomic E-state index is -0.187. The molecule has 25 heavy (non-hydrogen) atoms. The zero-order chi connectivity index (χ0) is 18.8. The molecule has 5 heteroatoms. The SMILES string of the molecule is CCCCCCCCCCCCCCC(CCCN=C(N)N)C(N)=O. The highest BCUT2D eigenvalue weighted by molar-refractivity contribution is 5.76. The Bertz CT molecular complexity index is 341. The lowest BCUT2D eigenvalue weighted by molar-refractivity contribution is -0.122. The van der Waals surface area contributed by atoms with Gasteiger partial charge in [-0.3, -0.25) is 9.79 Å². The van der Waals surface area contributed by atoms with Gasteiger partial charge in [-0.25, -0.2) is 0 Å². The second kappa shape index (κ2) is 17.6. The zero-order valence-corrected chi connectivity index (χ0v) is 16.5.